The molecule has 3 fully saturated rings. The highest BCUT2D eigenvalue weighted by molar-refractivity contribution is 5.69. The Morgan fingerprint density at radius 2 is 0.716 bits per heavy atom. The van der Waals surface area contributed by atoms with Gasteiger partial charge in [-0.05, 0) is 216 Å². The molecule has 3 aliphatic rings. The number of rotatable bonds is 13. The summed E-state index contributed by atoms with van der Waals surface area (Å²) in [6, 6.07) is 13.1. The van der Waals surface area contributed by atoms with Crippen LogP contribution < -0.4 is 9.47 Å². The standard InChI is InChI=1S/2C21H31F3N2O3.C14H28N2O3.C7H5F3O/c2*1-20(2,3)29-19(27)26-12-6-7-15(13-26)18(14-25(4)5)28-17-10-8-16(9-11-17)21(22,23)24;1-14(2,3)19-13(18)16-8-6-7-11(9-16)12(17)10-15(4)5;8-7(9,10)5-1-3-6(11)4-2-5/h2*8-11,15,18H,6-7,12-14H2,1-5H3;11-12,17H,6-10H2,1-5H3;1-4,11H/t2*15-,18-;;/m10../s1. The molecule has 3 aliphatic heterocycles. The number of nitrogens with zero attached hydrogens (tertiary/aromatic N) is 6. The van der Waals surface area contributed by atoms with Crippen molar-refractivity contribution >= 4 is 18.3 Å². The number of carbonyl (C=O) groups is 3. The predicted molar refractivity (Wildman–Crippen MR) is 318 cm³/mol. The molecule has 2 N–H and O–H groups in total. The highest BCUT2D eigenvalue weighted by Crippen LogP contribution is 2.35. The van der Waals surface area contributed by atoms with Gasteiger partial charge in [-0.1, -0.05) is 0 Å². The Morgan fingerprint density at radius 3 is 0.977 bits per heavy atom. The number of benzene rings is 3. The molecular weight excluding hydrogens is 1170 g/mol. The van der Waals surface area contributed by atoms with Crippen molar-refractivity contribution in [2.24, 2.45) is 17.8 Å². The van der Waals surface area contributed by atoms with Crippen LogP contribution in [0.5, 0.6) is 17.2 Å². The van der Waals surface area contributed by atoms with Crippen LogP contribution in [0.15, 0.2) is 72.8 Å². The van der Waals surface area contributed by atoms with E-state index in [4.69, 9.17) is 28.8 Å². The average molecular weight is 1270 g/mol. The molecule has 3 heterocycles. The molecule has 0 aliphatic carbocycles. The summed E-state index contributed by atoms with van der Waals surface area (Å²) in [5.41, 5.74) is -3.76. The zero-order valence-electron chi connectivity index (χ0n) is 53.7. The van der Waals surface area contributed by atoms with E-state index in [-0.39, 0.29) is 60.1 Å². The number of alkyl halides is 9. The van der Waals surface area contributed by atoms with Crippen LogP contribution in [0, 0.1) is 17.8 Å². The summed E-state index contributed by atoms with van der Waals surface area (Å²) in [6.07, 6.45) is -9.66. The van der Waals surface area contributed by atoms with Gasteiger partial charge in [0.15, 0.2) is 0 Å². The molecule has 0 bridgehead atoms. The first-order valence-electron chi connectivity index (χ1n) is 29.5. The van der Waals surface area contributed by atoms with Gasteiger partial charge < -0.3 is 63.3 Å². The lowest BCUT2D eigenvalue weighted by atomic mass is 9.92. The molecule has 3 aromatic carbocycles. The normalized spacial score (nSPS) is 19.0. The quantitative estimate of drug-likeness (QED) is 0.123. The summed E-state index contributed by atoms with van der Waals surface area (Å²) in [7, 11) is 11.5. The van der Waals surface area contributed by atoms with E-state index in [1.165, 1.54) is 24.3 Å². The number of likely N-dealkylation sites (N-methyl/N-ethyl adjacent to an activating group) is 3. The lowest BCUT2D eigenvalue weighted by Crippen LogP contribution is -2.48. The Bertz CT molecular complexity index is 2430. The Kier molecular flexibility index (Phi) is 28.8. The molecule has 3 amide bonds. The number of aromatic hydroxyl groups is 1. The van der Waals surface area contributed by atoms with Gasteiger partial charge in [-0.2, -0.15) is 39.5 Å². The topological polar surface area (TPSA) is 157 Å². The molecule has 88 heavy (non-hydrogen) atoms. The number of hydrogen-bond donors (Lipinski definition) is 2. The van der Waals surface area contributed by atoms with E-state index < -0.39 is 52.0 Å². The number of aliphatic hydroxyl groups is 1. The van der Waals surface area contributed by atoms with E-state index in [0.29, 0.717) is 63.9 Å². The number of likely N-dealkylation sites (tertiary alicyclic amines) is 3. The maximum Gasteiger partial charge on any atom is 0.416 e. The summed E-state index contributed by atoms with van der Waals surface area (Å²) in [5.74, 6) is 0.863. The van der Waals surface area contributed by atoms with Gasteiger partial charge in [-0.3, -0.25) is 0 Å². The molecule has 500 valence electrons. The van der Waals surface area contributed by atoms with E-state index in [0.717, 1.165) is 93.6 Å². The first-order valence-corrected chi connectivity index (χ1v) is 29.5. The molecule has 3 aromatic rings. The van der Waals surface area contributed by atoms with Gasteiger partial charge in [0.05, 0.1) is 22.8 Å². The molecule has 0 aromatic heterocycles. The zero-order valence-corrected chi connectivity index (χ0v) is 53.7. The molecule has 6 atom stereocenters. The van der Waals surface area contributed by atoms with Crippen LogP contribution in [-0.2, 0) is 32.7 Å². The zero-order chi connectivity index (χ0) is 66.8. The largest absolute Gasteiger partial charge is 0.508 e. The second kappa shape index (κ2) is 33.2. The minimum atomic E-state index is -4.38. The summed E-state index contributed by atoms with van der Waals surface area (Å²) >= 11 is 0. The SMILES string of the molecule is CN(C)CC(O)C1CCCN(C(=O)OC(C)(C)C)C1.CN(C)C[C@@H](Oc1ccc(C(F)(F)F)cc1)[C@@H]1CCCN(C(=O)OC(C)(C)C)C1.CN(C)C[C@H](Oc1ccc(C(F)(F)F)cc1)[C@H]1CCCN(C(=O)OC(C)(C)C)C1.Oc1ccc(C(F)(F)F)cc1. The summed E-state index contributed by atoms with van der Waals surface area (Å²) in [4.78, 5) is 47.9. The maximum absolute atomic E-state index is 12.8. The van der Waals surface area contributed by atoms with Crippen molar-refractivity contribution in [3.05, 3.63) is 89.5 Å². The van der Waals surface area contributed by atoms with Crippen LogP contribution in [0.25, 0.3) is 0 Å². The molecule has 2 unspecified atom stereocenters. The minimum absolute atomic E-state index is 0.0564. The molecule has 25 heteroatoms. The van der Waals surface area contributed by atoms with Crippen molar-refractivity contribution < 1.29 is 87.8 Å². The smallest absolute Gasteiger partial charge is 0.416 e. The van der Waals surface area contributed by atoms with E-state index in [9.17, 15) is 59.0 Å². The number of aliphatic hydroxyl groups excluding tert-OH is 1. The molecule has 16 nitrogen and oxygen atoms in total. The van der Waals surface area contributed by atoms with Crippen LogP contribution >= 0.6 is 0 Å². The number of piperidine rings is 3. The average Bonchev–Trinajstić information content (AvgIpc) is 2.58. The third-order valence-corrected chi connectivity index (χ3v) is 13.7. The minimum Gasteiger partial charge on any atom is -0.508 e. The van der Waals surface area contributed by atoms with E-state index >= 15 is 0 Å². The Morgan fingerprint density at radius 1 is 0.455 bits per heavy atom. The number of ether oxygens (including phenoxy) is 5. The molecule has 0 radical (unpaired) electrons. The van der Waals surface area contributed by atoms with Crippen molar-refractivity contribution in [1.29, 1.82) is 0 Å². The molecule has 0 spiro atoms. The summed E-state index contributed by atoms with van der Waals surface area (Å²) < 4.78 is 141. The van der Waals surface area contributed by atoms with Gasteiger partial charge in [0, 0.05) is 76.7 Å². The van der Waals surface area contributed by atoms with Crippen molar-refractivity contribution in [2.75, 3.05) is 101 Å². The van der Waals surface area contributed by atoms with Gasteiger partial charge >= 0.3 is 36.8 Å². The van der Waals surface area contributed by atoms with Crippen LogP contribution in [0.1, 0.15) is 118 Å². The number of hydrogen-bond acceptors (Lipinski definition) is 13. The molecular formula is C63H95F9N6O10. The Balaban J connectivity index is 0.000000323. The number of phenolic OH excluding ortho intramolecular Hbond substituents is 1. The van der Waals surface area contributed by atoms with Crippen molar-refractivity contribution in [3.63, 3.8) is 0 Å². The maximum atomic E-state index is 12.8. The van der Waals surface area contributed by atoms with Crippen molar-refractivity contribution in [1.82, 2.24) is 29.4 Å². The fourth-order valence-electron chi connectivity index (χ4n) is 9.68. The Labute approximate surface area is 514 Å². The first-order chi connectivity index (χ1) is 40.4. The first kappa shape index (κ1) is 76.3. The predicted octanol–water partition coefficient (Wildman–Crippen LogP) is 13.3. The lowest BCUT2D eigenvalue weighted by molar-refractivity contribution is -0.138. The molecule has 0 saturated carbocycles. The fourth-order valence-corrected chi connectivity index (χ4v) is 9.68. The van der Waals surface area contributed by atoms with Gasteiger partial charge in [0.1, 0.15) is 46.3 Å². The second-order valence-corrected chi connectivity index (χ2v) is 26.2. The third-order valence-electron chi connectivity index (χ3n) is 13.7. The monoisotopic (exact) mass is 1270 g/mol. The van der Waals surface area contributed by atoms with Crippen LogP contribution in [0.3, 0.4) is 0 Å². The van der Waals surface area contributed by atoms with Gasteiger partial charge in [0.2, 0.25) is 0 Å². The Hall–Kier alpha value is -5.92. The highest BCUT2D eigenvalue weighted by Gasteiger charge is 2.38. The van der Waals surface area contributed by atoms with Gasteiger partial charge in [-0.25, -0.2) is 14.4 Å². The van der Waals surface area contributed by atoms with Crippen molar-refractivity contribution in [3.8, 4) is 17.2 Å². The van der Waals surface area contributed by atoms with E-state index in [1.807, 2.05) is 119 Å². The number of carbonyl (C=O) groups excluding carboxylic acids is 3. The number of amides is 3. The van der Waals surface area contributed by atoms with Gasteiger partial charge in [-0.15, -0.1) is 0 Å². The second-order valence-electron chi connectivity index (χ2n) is 26.2. The summed E-state index contributed by atoms with van der Waals surface area (Å²) in [6.45, 7) is 21.9. The van der Waals surface area contributed by atoms with Crippen LogP contribution in [0.4, 0.5) is 53.9 Å². The third kappa shape index (κ3) is 29.1. The highest BCUT2D eigenvalue weighted by atomic mass is 19.4. The number of phenols is 1. The number of halogens is 9. The van der Waals surface area contributed by atoms with Crippen LogP contribution in [-0.4, -0.2) is 194 Å². The van der Waals surface area contributed by atoms with Gasteiger partial charge in [0.25, 0.3) is 0 Å². The lowest BCUT2D eigenvalue weighted by Gasteiger charge is -2.38. The summed E-state index contributed by atoms with van der Waals surface area (Å²) in [5, 5.41) is 18.8. The van der Waals surface area contributed by atoms with Crippen molar-refractivity contribution in [2.45, 2.75) is 154 Å². The molecule has 3 saturated heterocycles. The fraction of sp³-hybridized carbons (Fsp3) is 0.667. The van der Waals surface area contributed by atoms with E-state index in [1.54, 1.807) is 14.7 Å². The van der Waals surface area contributed by atoms with Crippen LogP contribution in [0.2, 0.25) is 0 Å². The van der Waals surface area contributed by atoms with E-state index in [2.05, 4.69) is 0 Å². The molecule has 6 rings (SSSR count).